The Morgan fingerprint density at radius 2 is 2.05 bits per heavy atom. The Labute approximate surface area is 148 Å². The van der Waals surface area contributed by atoms with Gasteiger partial charge in [0.2, 0.25) is 0 Å². The summed E-state index contributed by atoms with van der Waals surface area (Å²) in [6.45, 7) is 8.50. The molecule has 2 aromatic rings. The number of fused-ring (bicyclic) bond motifs is 1. The lowest BCUT2D eigenvalue weighted by Crippen LogP contribution is -2.21. The summed E-state index contributed by atoms with van der Waals surface area (Å²) in [7, 11) is -1.02. The van der Waals surface area contributed by atoms with Gasteiger partial charge in [-0.15, -0.1) is 0 Å². The van der Waals surface area contributed by atoms with Crippen molar-refractivity contribution in [2.75, 3.05) is 6.61 Å². The number of hydrogen-bond acceptors (Lipinski definition) is 1. The summed E-state index contributed by atoms with van der Waals surface area (Å²) < 4.78 is 10.1. The van der Waals surface area contributed by atoms with E-state index in [2.05, 4.69) is 75.0 Å². The molecule has 1 aromatic carbocycles. The summed E-state index contributed by atoms with van der Waals surface area (Å²) in [5, 5.41) is 1.94. The molecular weight excluding hydrogens is 469 g/mol. The fourth-order valence-corrected chi connectivity index (χ4v) is 3.92. The van der Waals surface area contributed by atoms with E-state index in [0.717, 1.165) is 21.6 Å². The molecule has 0 aliphatic rings. The Balaban J connectivity index is 2.13. The number of hydrogen-bond donors (Lipinski definition) is 0. The molecule has 1 heterocycles. The predicted octanol–water partition coefficient (Wildman–Crippen LogP) is 5.97. The summed E-state index contributed by atoms with van der Waals surface area (Å²) >= 11 is 12.0. The van der Waals surface area contributed by atoms with Crippen LogP contribution in [0.1, 0.15) is 0 Å². The molecule has 20 heavy (non-hydrogen) atoms. The second-order valence-corrected chi connectivity index (χ2v) is 14.1. The first-order valence-electron chi connectivity index (χ1n) is 6.49. The minimum Gasteiger partial charge on any atom is -0.361 e. The summed E-state index contributed by atoms with van der Waals surface area (Å²) in [4.78, 5) is 0. The first-order valence-corrected chi connectivity index (χ1v) is 12.4. The molecule has 0 radical (unpaired) electrons. The molecule has 0 atom stereocenters. The van der Waals surface area contributed by atoms with Gasteiger partial charge in [0, 0.05) is 34.3 Å². The van der Waals surface area contributed by atoms with E-state index in [1.54, 1.807) is 0 Å². The standard InChI is InChI=1S/C14H18BrClINOSi/c1-20(2,3)5-4-19-9-18-8-13(17)10-6-11(15)12(16)7-14(10)18/h6-8H,4-5,9H2,1-3H3. The van der Waals surface area contributed by atoms with Crippen molar-refractivity contribution in [1.29, 1.82) is 0 Å². The Hall–Kier alpha value is 0.437. The number of nitrogens with zero attached hydrogens (tertiary/aromatic N) is 1. The molecule has 2 nitrogen and oxygen atoms in total. The minimum atomic E-state index is -1.02. The lowest BCUT2D eigenvalue weighted by Gasteiger charge is -2.15. The van der Waals surface area contributed by atoms with E-state index in [-0.39, 0.29) is 0 Å². The Bertz CT molecular complexity index is 624. The predicted molar refractivity (Wildman–Crippen MR) is 101 cm³/mol. The zero-order chi connectivity index (χ0) is 14.9. The average Bonchev–Trinajstić information content (AvgIpc) is 2.62. The van der Waals surface area contributed by atoms with Crippen LogP contribution in [0.4, 0.5) is 0 Å². The van der Waals surface area contributed by atoms with Gasteiger partial charge in [0.05, 0.1) is 10.5 Å². The lowest BCUT2D eigenvalue weighted by atomic mass is 10.2. The van der Waals surface area contributed by atoms with E-state index in [1.165, 1.54) is 15.0 Å². The fourth-order valence-electron chi connectivity index (χ4n) is 1.89. The second-order valence-electron chi connectivity index (χ2n) is 6.08. The van der Waals surface area contributed by atoms with Crippen LogP contribution in [0.3, 0.4) is 0 Å². The monoisotopic (exact) mass is 485 g/mol. The third-order valence-corrected chi connectivity index (χ3v) is 6.86. The first-order chi connectivity index (χ1) is 9.28. The van der Waals surface area contributed by atoms with Gasteiger partial charge in [-0.2, -0.15) is 0 Å². The van der Waals surface area contributed by atoms with Crippen molar-refractivity contribution in [3.8, 4) is 0 Å². The van der Waals surface area contributed by atoms with Gasteiger partial charge in [0.25, 0.3) is 0 Å². The van der Waals surface area contributed by atoms with Gasteiger partial charge >= 0.3 is 0 Å². The van der Waals surface area contributed by atoms with Gasteiger partial charge in [-0.05, 0) is 56.7 Å². The van der Waals surface area contributed by atoms with Crippen LogP contribution < -0.4 is 0 Å². The molecule has 0 fully saturated rings. The first kappa shape index (κ1) is 16.8. The molecule has 0 bridgehead atoms. The van der Waals surface area contributed by atoms with Gasteiger partial charge < -0.3 is 9.30 Å². The van der Waals surface area contributed by atoms with E-state index in [4.69, 9.17) is 16.3 Å². The van der Waals surface area contributed by atoms with Crippen molar-refractivity contribution in [1.82, 2.24) is 4.57 Å². The summed E-state index contributed by atoms with van der Waals surface area (Å²) in [6, 6.07) is 5.25. The largest absolute Gasteiger partial charge is 0.361 e. The number of halogens is 3. The second kappa shape index (κ2) is 6.69. The maximum Gasteiger partial charge on any atom is 0.122 e. The molecule has 110 valence electrons. The van der Waals surface area contributed by atoms with E-state index in [1.807, 2.05) is 6.07 Å². The SMILES string of the molecule is C[Si](C)(C)CCOCn1cc(I)c2cc(Br)c(Cl)cc21. The van der Waals surface area contributed by atoms with Crippen LogP contribution in [0, 0.1) is 3.57 Å². The number of aromatic nitrogens is 1. The molecule has 0 aliphatic carbocycles. The van der Waals surface area contributed by atoms with Crippen molar-refractivity contribution in [2.45, 2.75) is 32.4 Å². The summed E-state index contributed by atoms with van der Waals surface area (Å²) in [5.41, 5.74) is 1.12. The minimum absolute atomic E-state index is 0.585. The zero-order valence-electron chi connectivity index (χ0n) is 11.8. The van der Waals surface area contributed by atoms with Gasteiger partial charge in [-0.3, -0.25) is 0 Å². The van der Waals surface area contributed by atoms with Crippen molar-refractivity contribution < 1.29 is 4.74 Å². The molecule has 1 aromatic heterocycles. The topological polar surface area (TPSA) is 14.2 Å². The molecule has 2 rings (SSSR count). The highest BCUT2D eigenvalue weighted by Gasteiger charge is 2.13. The molecule has 0 N–H and O–H groups in total. The molecule has 0 amide bonds. The van der Waals surface area contributed by atoms with Gasteiger partial charge in [-0.25, -0.2) is 0 Å². The fraction of sp³-hybridized carbons (Fsp3) is 0.429. The van der Waals surface area contributed by atoms with Crippen LogP contribution in [0.5, 0.6) is 0 Å². The Morgan fingerprint density at radius 1 is 1.35 bits per heavy atom. The van der Waals surface area contributed by atoms with Crippen molar-refractivity contribution in [2.24, 2.45) is 0 Å². The Kier molecular flexibility index (Phi) is 5.62. The number of ether oxygens (including phenoxy) is 1. The Morgan fingerprint density at radius 3 is 2.70 bits per heavy atom. The van der Waals surface area contributed by atoms with Gasteiger partial charge in [-0.1, -0.05) is 31.2 Å². The third kappa shape index (κ3) is 4.22. The number of rotatable bonds is 5. The number of benzene rings is 1. The highest BCUT2D eigenvalue weighted by molar-refractivity contribution is 14.1. The lowest BCUT2D eigenvalue weighted by molar-refractivity contribution is 0.0902. The van der Waals surface area contributed by atoms with Crippen molar-refractivity contribution in [3.63, 3.8) is 0 Å². The maximum absolute atomic E-state index is 6.19. The normalized spacial score (nSPS) is 12.3. The highest BCUT2D eigenvalue weighted by Crippen LogP contribution is 2.32. The molecule has 6 heteroatoms. The van der Waals surface area contributed by atoms with E-state index in [0.29, 0.717) is 6.73 Å². The molecular formula is C14H18BrClINOSi. The van der Waals surface area contributed by atoms with Crippen LogP contribution in [0.15, 0.2) is 22.8 Å². The molecule has 0 saturated heterocycles. The molecule has 0 spiro atoms. The molecule has 0 aliphatic heterocycles. The average molecular weight is 487 g/mol. The third-order valence-electron chi connectivity index (χ3n) is 3.10. The van der Waals surface area contributed by atoms with E-state index >= 15 is 0 Å². The quantitative estimate of drug-likeness (QED) is 0.288. The molecule has 0 unspecified atom stereocenters. The van der Waals surface area contributed by atoms with Gasteiger partial charge in [0.1, 0.15) is 6.73 Å². The molecule has 0 saturated carbocycles. The van der Waals surface area contributed by atoms with Crippen molar-refractivity contribution in [3.05, 3.63) is 31.4 Å². The summed E-state index contributed by atoms with van der Waals surface area (Å²) in [6.07, 6.45) is 2.11. The van der Waals surface area contributed by atoms with Crippen LogP contribution >= 0.6 is 50.1 Å². The van der Waals surface area contributed by atoms with Crippen molar-refractivity contribution >= 4 is 69.1 Å². The zero-order valence-corrected chi connectivity index (χ0v) is 17.3. The van der Waals surface area contributed by atoms with Crippen LogP contribution in [-0.2, 0) is 11.5 Å². The highest BCUT2D eigenvalue weighted by atomic mass is 127. The van der Waals surface area contributed by atoms with E-state index < -0.39 is 8.07 Å². The van der Waals surface area contributed by atoms with Crippen LogP contribution in [0.2, 0.25) is 30.7 Å². The van der Waals surface area contributed by atoms with E-state index in [9.17, 15) is 0 Å². The maximum atomic E-state index is 6.19. The van der Waals surface area contributed by atoms with Gasteiger partial charge in [0.15, 0.2) is 0 Å². The summed E-state index contributed by atoms with van der Waals surface area (Å²) in [5.74, 6) is 0. The smallest absolute Gasteiger partial charge is 0.122 e. The van der Waals surface area contributed by atoms with Crippen LogP contribution in [0.25, 0.3) is 10.9 Å². The van der Waals surface area contributed by atoms with Crippen LogP contribution in [-0.4, -0.2) is 19.2 Å².